The molecule has 0 saturated carbocycles. The van der Waals surface area contributed by atoms with Crippen LogP contribution in [-0.2, 0) is 4.74 Å². The smallest absolute Gasteiger partial charge is 0.274 e. The van der Waals surface area contributed by atoms with Crippen LogP contribution in [-0.4, -0.2) is 68.3 Å². The molecule has 0 bridgehead atoms. The molecule has 180 valence electrons. The maximum absolute atomic E-state index is 13.0. The Morgan fingerprint density at radius 2 is 1.89 bits per heavy atom. The highest BCUT2D eigenvalue weighted by Crippen LogP contribution is 2.29. The first-order valence-corrected chi connectivity index (χ1v) is 12.0. The number of benzene rings is 2. The van der Waals surface area contributed by atoms with E-state index in [9.17, 15) is 10.1 Å². The standard InChI is InChI=1S/C27H29N5O3/c1-34-26-17-24(30-23-5-3-2-4-22(23)26)27(33)29-20-6-7-25(19(16-20)18-28)32-10-8-21(9-11-32)31-12-14-35-15-13-31/h2-7,16-17,21H,8-15H2,1H3,(H,29,33). The van der Waals surface area contributed by atoms with Crippen molar-refractivity contribution in [2.24, 2.45) is 0 Å². The lowest BCUT2D eigenvalue weighted by atomic mass is 10.0. The topological polar surface area (TPSA) is 90.7 Å². The fraction of sp³-hybridized carbons (Fsp3) is 0.370. The summed E-state index contributed by atoms with van der Waals surface area (Å²) in [4.78, 5) is 22.2. The Kier molecular flexibility index (Phi) is 6.80. The van der Waals surface area contributed by atoms with E-state index in [1.165, 1.54) is 0 Å². The fourth-order valence-corrected chi connectivity index (χ4v) is 5.02. The first-order chi connectivity index (χ1) is 17.2. The van der Waals surface area contributed by atoms with Crippen LogP contribution in [0.4, 0.5) is 11.4 Å². The quantitative estimate of drug-likeness (QED) is 0.607. The van der Waals surface area contributed by atoms with Crippen molar-refractivity contribution in [2.45, 2.75) is 18.9 Å². The molecule has 1 aromatic heterocycles. The van der Waals surface area contributed by atoms with E-state index in [1.807, 2.05) is 36.4 Å². The van der Waals surface area contributed by atoms with Gasteiger partial charge in [0.2, 0.25) is 0 Å². The molecule has 8 heteroatoms. The molecular weight excluding hydrogens is 442 g/mol. The molecule has 0 atom stereocenters. The molecule has 8 nitrogen and oxygen atoms in total. The van der Waals surface area contributed by atoms with Crippen molar-refractivity contribution in [3.8, 4) is 11.8 Å². The van der Waals surface area contributed by atoms with Gasteiger partial charge in [-0.2, -0.15) is 5.26 Å². The largest absolute Gasteiger partial charge is 0.496 e. The van der Waals surface area contributed by atoms with Gasteiger partial charge in [0.1, 0.15) is 17.5 Å². The van der Waals surface area contributed by atoms with Crippen molar-refractivity contribution in [3.63, 3.8) is 0 Å². The number of anilines is 2. The van der Waals surface area contributed by atoms with Gasteiger partial charge in [0.05, 0.1) is 37.1 Å². The second-order valence-electron chi connectivity index (χ2n) is 8.89. The molecule has 0 radical (unpaired) electrons. The number of carbonyl (C=O) groups is 1. The number of pyridine rings is 1. The number of nitrogens with one attached hydrogen (secondary N) is 1. The monoisotopic (exact) mass is 471 g/mol. The normalized spacial score (nSPS) is 17.2. The molecular formula is C27H29N5O3. The zero-order chi connectivity index (χ0) is 24.2. The number of amides is 1. The number of ether oxygens (including phenoxy) is 2. The molecule has 3 heterocycles. The van der Waals surface area contributed by atoms with E-state index < -0.39 is 0 Å². The molecule has 1 N–H and O–H groups in total. The molecule has 2 aliphatic rings. The summed E-state index contributed by atoms with van der Waals surface area (Å²) in [5.74, 6) is 0.242. The maximum atomic E-state index is 13.0. The van der Waals surface area contributed by atoms with Gasteiger partial charge in [0.25, 0.3) is 5.91 Å². The van der Waals surface area contributed by atoms with Crippen LogP contribution >= 0.6 is 0 Å². The zero-order valence-electron chi connectivity index (χ0n) is 19.9. The number of carbonyl (C=O) groups excluding carboxylic acids is 1. The third-order valence-corrected chi connectivity index (χ3v) is 6.87. The van der Waals surface area contributed by atoms with Crippen LogP contribution in [0, 0.1) is 11.3 Å². The summed E-state index contributed by atoms with van der Waals surface area (Å²) in [5.41, 5.74) is 2.97. The fourth-order valence-electron chi connectivity index (χ4n) is 5.02. The number of rotatable bonds is 5. The summed E-state index contributed by atoms with van der Waals surface area (Å²) in [6.45, 7) is 5.44. The second-order valence-corrected chi connectivity index (χ2v) is 8.89. The molecule has 2 fully saturated rings. The first-order valence-electron chi connectivity index (χ1n) is 12.0. The minimum atomic E-state index is -0.350. The predicted molar refractivity (Wildman–Crippen MR) is 135 cm³/mol. The molecule has 2 aliphatic heterocycles. The van der Waals surface area contributed by atoms with Gasteiger partial charge in [0.15, 0.2) is 0 Å². The Bertz CT molecular complexity index is 1260. The Morgan fingerprint density at radius 3 is 2.63 bits per heavy atom. The number of morpholine rings is 1. The zero-order valence-corrected chi connectivity index (χ0v) is 19.9. The minimum Gasteiger partial charge on any atom is -0.496 e. The number of fused-ring (bicyclic) bond motifs is 1. The number of hydrogen-bond acceptors (Lipinski definition) is 7. The van der Waals surface area contributed by atoms with Gasteiger partial charge in [-0.15, -0.1) is 0 Å². The average Bonchev–Trinajstić information content (AvgIpc) is 2.93. The summed E-state index contributed by atoms with van der Waals surface area (Å²) in [5, 5.41) is 13.6. The van der Waals surface area contributed by atoms with Crippen LogP contribution in [0.15, 0.2) is 48.5 Å². The van der Waals surface area contributed by atoms with Crippen LogP contribution in [0.1, 0.15) is 28.9 Å². The lowest BCUT2D eigenvalue weighted by Crippen LogP contribution is -2.49. The van der Waals surface area contributed by atoms with Gasteiger partial charge >= 0.3 is 0 Å². The van der Waals surface area contributed by atoms with Crippen molar-refractivity contribution in [2.75, 3.05) is 56.7 Å². The van der Waals surface area contributed by atoms with E-state index in [0.717, 1.165) is 63.3 Å². The van der Waals surface area contributed by atoms with Crippen LogP contribution in [0.2, 0.25) is 0 Å². The number of aromatic nitrogens is 1. The molecule has 2 aromatic carbocycles. The number of para-hydroxylation sites is 1. The average molecular weight is 472 g/mol. The van der Waals surface area contributed by atoms with Crippen LogP contribution < -0.4 is 15.0 Å². The van der Waals surface area contributed by atoms with Crippen LogP contribution in [0.5, 0.6) is 5.75 Å². The molecule has 0 aliphatic carbocycles. The minimum absolute atomic E-state index is 0.258. The van der Waals surface area contributed by atoms with Gasteiger partial charge in [-0.1, -0.05) is 12.1 Å². The van der Waals surface area contributed by atoms with E-state index in [4.69, 9.17) is 9.47 Å². The summed E-state index contributed by atoms with van der Waals surface area (Å²) < 4.78 is 10.9. The maximum Gasteiger partial charge on any atom is 0.274 e. The van der Waals surface area contributed by atoms with Crippen molar-refractivity contribution < 1.29 is 14.3 Å². The van der Waals surface area contributed by atoms with E-state index in [1.54, 1.807) is 19.2 Å². The predicted octanol–water partition coefficient (Wildman–Crippen LogP) is 3.67. The van der Waals surface area contributed by atoms with Crippen molar-refractivity contribution >= 4 is 28.2 Å². The highest BCUT2D eigenvalue weighted by Gasteiger charge is 2.27. The third kappa shape index (κ3) is 4.92. The number of nitriles is 1. The number of piperidine rings is 1. The van der Waals surface area contributed by atoms with Gasteiger partial charge < -0.3 is 19.7 Å². The highest BCUT2D eigenvalue weighted by molar-refractivity contribution is 6.05. The summed E-state index contributed by atoms with van der Waals surface area (Å²) in [7, 11) is 1.57. The van der Waals surface area contributed by atoms with Gasteiger partial charge in [-0.05, 0) is 43.2 Å². The lowest BCUT2D eigenvalue weighted by molar-refractivity contribution is 0.0115. The summed E-state index contributed by atoms with van der Waals surface area (Å²) >= 11 is 0. The van der Waals surface area contributed by atoms with E-state index in [-0.39, 0.29) is 11.6 Å². The van der Waals surface area contributed by atoms with Gasteiger partial charge in [0, 0.05) is 49.4 Å². The molecule has 0 unspecified atom stereocenters. The Hall–Kier alpha value is -3.67. The van der Waals surface area contributed by atoms with E-state index >= 15 is 0 Å². The lowest BCUT2D eigenvalue weighted by Gasteiger charge is -2.41. The van der Waals surface area contributed by atoms with E-state index in [0.29, 0.717) is 28.6 Å². The first kappa shape index (κ1) is 23.1. The van der Waals surface area contributed by atoms with Crippen LogP contribution in [0.3, 0.4) is 0 Å². The Morgan fingerprint density at radius 1 is 1.11 bits per heavy atom. The Balaban J connectivity index is 1.29. The number of nitrogens with zero attached hydrogens (tertiary/aromatic N) is 4. The molecule has 2 saturated heterocycles. The molecule has 1 amide bonds. The number of methoxy groups -OCH3 is 1. The van der Waals surface area contributed by atoms with E-state index in [2.05, 4.69) is 26.2 Å². The van der Waals surface area contributed by atoms with Gasteiger partial charge in [-0.25, -0.2) is 4.98 Å². The van der Waals surface area contributed by atoms with Crippen molar-refractivity contribution in [3.05, 3.63) is 59.8 Å². The van der Waals surface area contributed by atoms with Gasteiger partial charge in [-0.3, -0.25) is 9.69 Å². The van der Waals surface area contributed by atoms with Crippen molar-refractivity contribution in [1.29, 1.82) is 5.26 Å². The molecule has 5 rings (SSSR count). The van der Waals surface area contributed by atoms with Crippen LogP contribution in [0.25, 0.3) is 10.9 Å². The SMILES string of the molecule is COc1cc(C(=O)Nc2ccc(N3CCC(N4CCOCC4)CC3)c(C#N)c2)nc2ccccc12. The Labute approximate surface area is 205 Å². The van der Waals surface area contributed by atoms with Crippen molar-refractivity contribution in [1.82, 2.24) is 9.88 Å². The number of hydrogen-bond donors (Lipinski definition) is 1. The molecule has 0 spiro atoms. The molecule has 35 heavy (non-hydrogen) atoms. The second kappa shape index (κ2) is 10.3. The summed E-state index contributed by atoms with van der Waals surface area (Å²) in [6.07, 6.45) is 2.14. The third-order valence-electron chi connectivity index (χ3n) is 6.87. The summed E-state index contributed by atoms with van der Waals surface area (Å²) in [6, 6.07) is 17.6. The molecule has 3 aromatic rings. The highest BCUT2D eigenvalue weighted by atomic mass is 16.5.